The van der Waals surface area contributed by atoms with Gasteiger partial charge in [0, 0.05) is 19.3 Å². The summed E-state index contributed by atoms with van der Waals surface area (Å²) < 4.78 is 16.9. The first-order chi connectivity index (χ1) is 37.0. The number of hydrogen-bond acceptors (Lipinski definition) is 6. The standard InChI is InChI=1S/C69H122O6/c1-4-7-10-13-16-19-22-25-28-31-33-34-36-38-41-44-47-50-53-56-59-62-68(71)74-65-66(64-73-67(70)61-58-55-52-49-46-43-40-37-30-27-24-21-18-15-12-9-6-3)75-69(72)63-60-57-54-51-48-45-42-39-35-32-29-26-23-20-17-14-11-8-5-2/h9,12,18,21,25,27-28,30,40,43,49,52,66H,4-8,10-11,13-17,19-20,22-24,26,29,31-39,41-42,44-48,50-51,53-65H2,1-3H3/b12-9-,21-18-,28-25-,30-27-,43-40-,52-49-/t66-/m1/s1. The van der Waals surface area contributed by atoms with E-state index in [-0.39, 0.29) is 37.5 Å². The molecule has 0 saturated heterocycles. The number of hydrogen-bond donors (Lipinski definition) is 0. The predicted molar refractivity (Wildman–Crippen MR) is 325 cm³/mol. The lowest BCUT2D eigenvalue weighted by Gasteiger charge is -2.18. The van der Waals surface area contributed by atoms with E-state index in [2.05, 4.69) is 93.7 Å². The number of rotatable bonds is 59. The second-order valence-electron chi connectivity index (χ2n) is 21.6. The highest BCUT2D eigenvalue weighted by atomic mass is 16.6. The molecule has 1 atom stereocenters. The van der Waals surface area contributed by atoms with Gasteiger partial charge in [0.15, 0.2) is 6.10 Å². The van der Waals surface area contributed by atoms with Crippen LogP contribution in [0.4, 0.5) is 0 Å². The summed E-state index contributed by atoms with van der Waals surface area (Å²) in [6, 6.07) is 0. The minimum Gasteiger partial charge on any atom is -0.462 e. The molecule has 6 heteroatoms. The highest BCUT2D eigenvalue weighted by Gasteiger charge is 2.19. The van der Waals surface area contributed by atoms with Crippen LogP contribution in [0.2, 0.25) is 0 Å². The monoisotopic (exact) mass is 1050 g/mol. The minimum atomic E-state index is -0.798. The zero-order chi connectivity index (χ0) is 54.3. The summed E-state index contributed by atoms with van der Waals surface area (Å²) in [5.74, 6) is -0.934. The molecule has 0 rings (SSSR count). The maximum atomic E-state index is 12.9. The van der Waals surface area contributed by atoms with Crippen molar-refractivity contribution in [2.45, 2.75) is 335 Å². The molecular weight excluding hydrogens is 925 g/mol. The molecule has 75 heavy (non-hydrogen) atoms. The van der Waals surface area contributed by atoms with Gasteiger partial charge < -0.3 is 14.2 Å². The van der Waals surface area contributed by atoms with Crippen molar-refractivity contribution < 1.29 is 28.6 Å². The van der Waals surface area contributed by atoms with E-state index in [0.717, 1.165) is 77.0 Å². The smallest absolute Gasteiger partial charge is 0.306 e. The highest BCUT2D eigenvalue weighted by Crippen LogP contribution is 2.17. The van der Waals surface area contributed by atoms with Gasteiger partial charge in [-0.1, -0.05) is 299 Å². The topological polar surface area (TPSA) is 78.9 Å². The maximum absolute atomic E-state index is 12.9. The Morgan fingerprint density at radius 2 is 0.533 bits per heavy atom. The average molecular weight is 1050 g/mol. The summed E-state index contributed by atoms with van der Waals surface area (Å²) in [4.78, 5) is 38.3. The second-order valence-corrected chi connectivity index (χ2v) is 21.6. The summed E-state index contributed by atoms with van der Waals surface area (Å²) in [5.41, 5.74) is 0. The molecule has 6 nitrogen and oxygen atoms in total. The molecule has 0 aromatic heterocycles. The van der Waals surface area contributed by atoms with Gasteiger partial charge in [-0.15, -0.1) is 0 Å². The van der Waals surface area contributed by atoms with Crippen LogP contribution in [-0.2, 0) is 28.6 Å². The molecule has 0 heterocycles. The van der Waals surface area contributed by atoms with Gasteiger partial charge in [0.25, 0.3) is 0 Å². The third-order valence-electron chi connectivity index (χ3n) is 14.2. The Bertz CT molecular complexity index is 1390. The van der Waals surface area contributed by atoms with Crippen molar-refractivity contribution in [3.8, 4) is 0 Å². The first kappa shape index (κ1) is 71.8. The summed E-state index contributed by atoms with van der Waals surface area (Å²) in [5, 5.41) is 0. The van der Waals surface area contributed by atoms with Crippen molar-refractivity contribution in [1.82, 2.24) is 0 Å². The Labute approximate surface area is 465 Å². The van der Waals surface area contributed by atoms with Crippen LogP contribution in [0.25, 0.3) is 0 Å². The molecule has 434 valence electrons. The normalized spacial score (nSPS) is 12.5. The minimum absolute atomic E-state index is 0.0902. The maximum Gasteiger partial charge on any atom is 0.306 e. The largest absolute Gasteiger partial charge is 0.462 e. The lowest BCUT2D eigenvalue weighted by atomic mass is 10.0. The van der Waals surface area contributed by atoms with E-state index >= 15 is 0 Å². The van der Waals surface area contributed by atoms with Crippen molar-refractivity contribution in [1.29, 1.82) is 0 Å². The fourth-order valence-corrected chi connectivity index (χ4v) is 9.36. The van der Waals surface area contributed by atoms with Gasteiger partial charge in [-0.2, -0.15) is 0 Å². The zero-order valence-electron chi connectivity index (χ0n) is 49.8. The van der Waals surface area contributed by atoms with Gasteiger partial charge in [0.1, 0.15) is 13.2 Å². The van der Waals surface area contributed by atoms with Crippen molar-refractivity contribution in [3.63, 3.8) is 0 Å². The van der Waals surface area contributed by atoms with Crippen LogP contribution >= 0.6 is 0 Å². The lowest BCUT2D eigenvalue weighted by Crippen LogP contribution is -2.30. The van der Waals surface area contributed by atoms with Crippen molar-refractivity contribution in [2.75, 3.05) is 13.2 Å². The zero-order valence-corrected chi connectivity index (χ0v) is 49.8. The number of carbonyl (C=O) groups is 3. The molecule has 0 unspecified atom stereocenters. The molecule has 0 aliphatic heterocycles. The number of allylic oxidation sites excluding steroid dienone is 12. The number of esters is 3. The van der Waals surface area contributed by atoms with Crippen LogP contribution in [0.5, 0.6) is 0 Å². The van der Waals surface area contributed by atoms with E-state index in [4.69, 9.17) is 14.2 Å². The fraction of sp³-hybridized carbons (Fsp3) is 0.783. The quantitative estimate of drug-likeness (QED) is 0.0261. The molecule has 0 fully saturated rings. The second kappa shape index (κ2) is 63.4. The molecule has 0 aliphatic carbocycles. The van der Waals surface area contributed by atoms with E-state index in [1.807, 2.05) is 0 Å². The Kier molecular flexibility index (Phi) is 60.7. The fourth-order valence-electron chi connectivity index (χ4n) is 9.36. The summed E-state index contributed by atoms with van der Waals surface area (Å²) in [7, 11) is 0. The van der Waals surface area contributed by atoms with Gasteiger partial charge in [0.05, 0.1) is 0 Å². The van der Waals surface area contributed by atoms with E-state index in [0.29, 0.717) is 19.3 Å². The molecule has 0 saturated carbocycles. The molecule has 0 aromatic carbocycles. The first-order valence-electron chi connectivity index (χ1n) is 32.4. The van der Waals surface area contributed by atoms with Crippen molar-refractivity contribution >= 4 is 17.9 Å². The molecule has 0 N–H and O–H groups in total. The predicted octanol–water partition coefficient (Wildman–Crippen LogP) is 22.1. The van der Waals surface area contributed by atoms with Gasteiger partial charge >= 0.3 is 17.9 Å². The molecule has 0 aromatic rings. The summed E-state index contributed by atoms with van der Waals surface area (Å²) in [6.45, 7) is 6.52. The van der Waals surface area contributed by atoms with Crippen LogP contribution in [0, 0.1) is 0 Å². The molecule has 0 amide bonds. The van der Waals surface area contributed by atoms with Gasteiger partial charge in [-0.3, -0.25) is 14.4 Å². The van der Waals surface area contributed by atoms with Crippen LogP contribution in [-0.4, -0.2) is 37.2 Å². The van der Waals surface area contributed by atoms with Crippen LogP contribution in [0.3, 0.4) is 0 Å². The molecule has 0 bridgehead atoms. The van der Waals surface area contributed by atoms with Crippen LogP contribution < -0.4 is 0 Å². The Morgan fingerprint density at radius 3 is 0.880 bits per heavy atom. The van der Waals surface area contributed by atoms with Crippen LogP contribution in [0.15, 0.2) is 72.9 Å². The average Bonchev–Trinajstić information content (AvgIpc) is 3.41. The third kappa shape index (κ3) is 61.6. The molecular formula is C69H122O6. The van der Waals surface area contributed by atoms with E-state index in [1.54, 1.807) is 0 Å². The van der Waals surface area contributed by atoms with E-state index in [1.165, 1.54) is 205 Å². The molecule has 0 spiro atoms. The van der Waals surface area contributed by atoms with Gasteiger partial charge in [-0.05, 0) is 83.5 Å². The lowest BCUT2D eigenvalue weighted by molar-refractivity contribution is -0.167. The summed E-state index contributed by atoms with van der Waals surface area (Å²) in [6.07, 6.45) is 82.0. The number of unbranched alkanes of at least 4 members (excludes halogenated alkanes) is 36. The SMILES string of the molecule is CC/C=C\C/C=C\C/C=C\C/C=C\C/C=C\CCCC(=O)OC[C@H](COC(=O)CCCCCCCCCCCCC/C=C\CCCCCCCC)OC(=O)CCCCCCCCCCCCCCCCCCCCC. The van der Waals surface area contributed by atoms with Gasteiger partial charge in [-0.25, -0.2) is 0 Å². The highest BCUT2D eigenvalue weighted by molar-refractivity contribution is 5.71. The van der Waals surface area contributed by atoms with E-state index < -0.39 is 6.10 Å². The number of ether oxygens (including phenoxy) is 3. The van der Waals surface area contributed by atoms with Crippen LogP contribution in [0.1, 0.15) is 329 Å². The number of carbonyl (C=O) groups excluding carboxylic acids is 3. The van der Waals surface area contributed by atoms with Crippen molar-refractivity contribution in [3.05, 3.63) is 72.9 Å². The molecule has 0 aliphatic rings. The van der Waals surface area contributed by atoms with E-state index in [9.17, 15) is 14.4 Å². The summed E-state index contributed by atoms with van der Waals surface area (Å²) >= 11 is 0. The first-order valence-corrected chi connectivity index (χ1v) is 32.4. The Morgan fingerprint density at radius 1 is 0.280 bits per heavy atom. The molecule has 0 radical (unpaired) electrons. The van der Waals surface area contributed by atoms with Crippen molar-refractivity contribution in [2.24, 2.45) is 0 Å². The third-order valence-corrected chi connectivity index (χ3v) is 14.2. The Hall–Kier alpha value is -3.15. The Balaban J connectivity index is 4.40. The van der Waals surface area contributed by atoms with Gasteiger partial charge in [0.2, 0.25) is 0 Å².